The number of nitrogens with one attached hydrogen (secondary N) is 1. The highest BCUT2D eigenvalue weighted by atomic mass is 16.7. The molecular formula is C22H24N4O2. The summed E-state index contributed by atoms with van der Waals surface area (Å²) in [5.41, 5.74) is -2.24. The Labute approximate surface area is 165 Å². The third kappa shape index (κ3) is 1.61. The van der Waals surface area contributed by atoms with Gasteiger partial charge < -0.3 is 9.47 Å². The first-order valence-corrected chi connectivity index (χ1v) is 10.2. The van der Waals surface area contributed by atoms with E-state index in [9.17, 15) is 15.8 Å². The van der Waals surface area contributed by atoms with Gasteiger partial charge >= 0.3 is 0 Å². The van der Waals surface area contributed by atoms with Gasteiger partial charge in [0.15, 0.2) is 10.8 Å². The smallest absolute Gasteiger partial charge is 0.218 e. The van der Waals surface area contributed by atoms with E-state index in [4.69, 9.17) is 14.9 Å². The third-order valence-corrected chi connectivity index (χ3v) is 8.63. The predicted octanol–water partition coefficient (Wildman–Crippen LogP) is 3.82. The molecule has 5 fully saturated rings. The Bertz CT molecular complexity index is 918. The molecule has 1 N–H and O–H groups in total. The van der Waals surface area contributed by atoms with Gasteiger partial charge in [0.25, 0.3) is 0 Å². The van der Waals surface area contributed by atoms with Crippen molar-refractivity contribution < 1.29 is 9.47 Å². The lowest BCUT2D eigenvalue weighted by atomic mass is 9.43. The molecule has 28 heavy (non-hydrogen) atoms. The van der Waals surface area contributed by atoms with Gasteiger partial charge in [-0.2, -0.15) is 15.8 Å². The lowest BCUT2D eigenvalue weighted by molar-refractivity contribution is -0.352. The molecule has 0 aromatic rings. The maximum Gasteiger partial charge on any atom is 0.218 e. The fourth-order valence-electron chi connectivity index (χ4n) is 6.83. The normalized spacial score (nSPS) is 46.5. The fraction of sp³-hybridized carbons (Fsp3) is 0.727. The Morgan fingerprint density at radius 2 is 1.89 bits per heavy atom. The molecular weight excluding hydrogens is 352 g/mol. The number of nitrogens with zero attached hydrogens (tertiary/aromatic N) is 3. The first-order chi connectivity index (χ1) is 13.3. The molecule has 3 aliphatic heterocycles. The number of fused-ring (bicyclic) bond motifs is 4. The van der Waals surface area contributed by atoms with Gasteiger partial charge in [0, 0.05) is 6.42 Å². The molecule has 1 spiro atoms. The first-order valence-electron chi connectivity index (χ1n) is 10.2. The number of rotatable bonds is 1. The van der Waals surface area contributed by atoms with Crippen molar-refractivity contribution in [1.29, 1.82) is 21.2 Å². The third-order valence-electron chi connectivity index (χ3n) is 8.63. The lowest BCUT2D eigenvalue weighted by Crippen LogP contribution is -2.76. The highest BCUT2D eigenvalue weighted by Crippen LogP contribution is 2.69. The van der Waals surface area contributed by atoms with Gasteiger partial charge in [-0.25, -0.2) is 0 Å². The Morgan fingerprint density at radius 3 is 2.50 bits per heavy atom. The average Bonchev–Trinajstić information content (AvgIpc) is 2.71. The SMILES string of the molecule is CC1(C)[C@@H]2CC=C([C@H]3O[C@@]45CCCC[C@@H]4C(C#N)(C#N)[C@@]3(C#N)C(=N)O5)[C@@H]1C2. The van der Waals surface area contributed by atoms with Gasteiger partial charge in [-0.05, 0) is 48.5 Å². The Balaban J connectivity index is 1.74. The van der Waals surface area contributed by atoms with Crippen molar-refractivity contribution in [2.24, 2.45) is 34.0 Å². The van der Waals surface area contributed by atoms with E-state index in [1.54, 1.807) is 0 Å². The molecule has 6 nitrogen and oxygen atoms in total. The van der Waals surface area contributed by atoms with Crippen LogP contribution < -0.4 is 0 Å². The first kappa shape index (κ1) is 17.7. The largest absolute Gasteiger partial charge is 0.447 e. The molecule has 6 atom stereocenters. The summed E-state index contributed by atoms with van der Waals surface area (Å²) >= 11 is 0. The van der Waals surface area contributed by atoms with E-state index in [2.05, 4.69) is 38.1 Å². The van der Waals surface area contributed by atoms with Gasteiger partial charge in [0.2, 0.25) is 11.7 Å². The number of nitriles is 3. The van der Waals surface area contributed by atoms with Crippen molar-refractivity contribution in [1.82, 2.24) is 0 Å². The van der Waals surface area contributed by atoms with E-state index in [-0.39, 0.29) is 17.2 Å². The fourth-order valence-corrected chi connectivity index (χ4v) is 6.83. The quantitative estimate of drug-likeness (QED) is 0.699. The summed E-state index contributed by atoms with van der Waals surface area (Å²) in [5, 5.41) is 39.6. The maximum absolute atomic E-state index is 10.4. The summed E-state index contributed by atoms with van der Waals surface area (Å²) in [4.78, 5) is 0. The summed E-state index contributed by atoms with van der Waals surface area (Å²) in [6, 6.07) is 6.67. The molecule has 3 heterocycles. The Morgan fingerprint density at radius 1 is 1.14 bits per heavy atom. The van der Waals surface area contributed by atoms with Gasteiger partial charge in [-0.3, -0.25) is 5.41 Å². The number of hydrogen-bond acceptors (Lipinski definition) is 6. The van der Waals surface area contributed by atoms with Gasteiger partial charge in [0.05, 0.1) is 24.1 Å². The maximum atomic E-state index is 10.4. The van der Waals surface area contributed by atoms with Crippen molar-refractivity contribution >= 4 is 5.90 Å². The predicted molar refractivity (Wildman–Crippen MR) is 98.2 cm³/mol. The molecule has 0 unspecified atom stereocenters. The molecule has 2 saturated carbocycles. The summed E-state index contributed by atoms with van der Waals surface area (Å²) in [6.45, 7) is 4.48. The van der Waals surface area contributed by atoms with Gasteiger partial charge in [-0.1, -0.05) is 26.3 Å². The minimum absolute atomic E-state index is 0.107. The molecule has 0 aromatic carbocycles. The summed E-state index contributed by atoms with van der Waals surface area (Å²) in [7, 11) is 0. The van der Waals surface area contributed by atoms with Crippen LogP contribution in [0, 0.1) is 73.4 Å². The van der Waals surface area contributed by atoms with Crippen LogP contribution in [0.25, 0.3) is 0 Å². The highest BCUT2D eigenvalue weighted by Gasteiger charge is 2.81. The minimum Gasteiger partial charge on any atom is -0.447 e. The lowest BCUT2D eigenvalue weighted by Gasteiger charge is -2.66. The van der Waals surface area contributed by atoms with Crippen LogP contribution in [0.5, 0.6) is 0 Å². The molecule has 7 rings (SSSR count). The molecule has 6 heteroatoms. The van der Waals surface area contributed by atoms with Crippen molar-refractivity contribution in [3.8, 4) is 18.2 Å². The summed E-state index contributed by atoms with van der Waals surface area (Å²) in [6.07, 6.45) is 6.21. The second-order valence-corrected chi connectivity index (χ2v) is 9.74. The molecule has 0 radical (unpaired) electrons. The summed E-state index contributed by atoms with van der Waals surface area (Å²) in [5.74, 6) is -1.04. The Hall–Kier alpha value is -2.36. The van der Waals surface area contributed by atoms with Crippen LogP contribution in [-0.2, 0) is 9.47 Å². The van der Waals surface area contributed by atoms with Crippen LogP contribution >= 0.6 is 0 Å². The zero-order chi connectivity index (χ0) is 19.9. The van der Waals surface area contributed by atoms with Crippen LogP contribution in [0.1, 0.15) is 52.4 Å². The van der Waals surface area contributed by atoms with E-state index in [1.165, 1.54) is 0 Å². The number of ether oxygens (including phenoxy) is 2. The van der Waals surface area contributed by atoms with E-state index in [0.717, 1.165) is 31.3 Å². The zero-order valence-electron chi connectivity index (χ0n) is 16.3. The van der Waals surface area contributed by atoms with E-state index in [0.29, 0.717) is 18.8 Å². The monoisotopic (exact) mass is 376 g/mol. The molecule has 3 saturated heterocycles. The van der Waals surface area contributed by atoms with E-state index < -0.39 is 28.6 Å². The Kier molecular flexibility index (Phi) is 3.27. The average molecular weight is 376 g/mol. The van der Waals surface area contributed by atoms with E-state index >= 15 is 0 Å². The van der Waals surface area contributed by atoms with Crippen molar-refractivity contribution in [2.45, 2.75) is 64.3 Å². The second kappa shape index (κ2) is 5.16. The van der Waals surface area contributed by atoms with E-state index in [1.807, 2.05) is 0 Å². The molecule has 0 aromatic heterocycles. The minimum atomic E-state index is -1.72. The standard InChI is InChI=1S/C22H24N4O2/c1-19(2)13-6-7-14(15(19)9-13)17-21(12-25)18(26)28-22(27-17)8-4-3-5-16(22)20(21,10-23)11-24/h7,13,15-17,26H,3-6,8-9H2,1-2H3/t13-,15+,16-,17-,21-,22-/m1/s1. The van der Waals surface area contributed by atoms with Gasteiger partial charge in [0.1, 0.15) is 6.10 Å². The van der Waals surface area contributed by atoms with Crippen LogP contribution in [0.2, 0.25) is 0 Å². The van der Waals surface area contributed by atoms with Crippen LogP contribution in [0.3, 0.4) is 0 Å². The highest BCUT2D eigenvalue weighted by molar-refractivity contribution is 5.89. The van der Waals surface area contributed by atoms with Crippen LogP contribution in [-0.4, -0.2) is 17.8 Å². The van der Waals surface area contributed by atoms with Gasteiger partial charge in [-0.15, -0.1) is 0 Å². The van der Waals surface area contributed by atoms with Crippen LogP contribution in [0.4, 0.5) is 0 Å². The van der Waals surface area contributed by atoms with Crippen LogP contribution in [0.15, 0.2) is 11.6 Å². The molecule has 7 aliphatic rings. The zero-order valence-corrected chi connectivity index (χ0v) is 16.3. The van der Waals surface area contributed by atoms with Crippen molar-refractivity contribution in [2.75, 3.05) is 0 Å². The van der Waals surface area contributed by atoms with Crippen molar-refractivity contribution in [3.05, 3.63) is 11.6 Å². The second-order valence-electron chi connectivity index (χ2n) is 9.74. The molecule has 4 aliphatic carbocycles. The van der Waals surface area contributed by atoms with Crippen molar-refractivity contribution in [3.63, 3.8) is 0 Å². The molecule has 0 amide bonds. The summed E-state index contributed by atoms with van der Waals surface area (Å²) < 4.78 is 12.5. The molecule has 4 bridgehead atoms. The topological polar surface area (TPSA) is 114 Å². The number of hydrogen-bond donors (Lipinski definition) is 1. The molecule has 144 valence electrons. The number of allylic oxidation sites excluding steroid dienone is 1.